The number of urea groups is 2. The lowest BCUT2D eigenvalue weighted by molar-refractivity contribution is -0.120. The van der Waals surface area contributed by atoms with Gasteiger partial charge in [0.15, 0.2) is 0 Å². The van der Waals surface area contributed by atoms with E-state index in [0.29, 0.717) is 6.42 Å². The van der Waals surface area contributed by atoms with Crippen molar-refractivity contribution in [2.24, 2.45) is 5.73 Å². The minimum Gasteiger partial charge on any atom is -0.352 e. The molecule has 0 radical (unpaired) electrons. The van der Waals surface area contributed by atoms with Gasteiger partial charge in [0.25, 0.3) is 5.91 Å². The Kier molecular flexibility index (Phi) is 2.68. The molecule has 1 atom stereocenters. The summed E-state index contributed by atoms with van der Waals surface area (Å²) < 4.78 is 0. The molecule has 0 bridgehead atoms. The second-order valence-corrected chi connectivity index (χ2v) is 2.60. The number of amides is 5. The van der Waals surface area contributed by atoms with Crippen LogP contribution < -0.4 is 21.7 Å². The molecule has 1 fully saturated rings. The van der Waals surface area contributed by atoms with Gasteiger partial charge in [-0.2, -0.15) is 0 Å². The molecule has 5 amide bonds. The molecule has 0 aromatic heterocycles. The van der Waals surface area contributed by atoms with Crippen LogP contribution in [0, 0.1) is 0 Å². The maximum Gasteiger partial charge on any atom is 0.322 e. The van der Waals surface area contributed by atoms with E-state index in [2.05, 4.69) is 16.0 Å². The molecule has 0 aliphatic carbocycles. The Hall–Kier alpha value is -1.79. The zero-order valence-corrected chi connectivity index (χ0v) is 6.79. The Balaban J connectivity index is 2.26. The lowest BCUT2D eigenvalue weighted by Crippen LogP contribution is -2.36. The highest BCUT2D eigenvalue weighted by Gasteiger charge is 2.28. The Labute approximate surface area is 74.0 Å². The average Bonchev–Trinajstić information content (AvgIpc) is 2.29. The Morgan fingerprint density at radius 1 is 1.54 bits per heavy atom. The quantitative estimate of drug-likeness (QED) is 0.392. The molecule has 0 saturated carbocycles. The summed E-state index contributed by atoms with van der Waals surface area (Å²) in [5, 5.41) is 6.77. The molecule has 1 aliphatic heterocycles. The van der Waals surface area contributed by atoms with Crippen molar-refractivity contribution in [1.29, 1.82) is 0 Å². The van der Waals surface area contributed by atoms with Crippen molar-refractivity contribution >= 4 is 18.0 Å². The topological polar surface area (TPSA) is 113 Å². The number of rotatable bonds is 3. The van der Waals surface area contributed by atoms with Gasteiger partial charge in [-0.3, -0.25) is 10.1 Å². The van der Waals surface area contributed by atoms with Crippen LogP contribution in [0.1, 0.15) is 6.42 Å². The molecule has 1 saturated heterocycles. The van der Waals surface area contributed by atoms with E-state index in [9.17, 15) is 14.4 Å². The summed E-state index contributed by atoms with van der Waals surface area (Å²) in [6.45, 7) is 0.258. The van der Waals surface area contributed by atoms with Crippen LogP contribution in [0.4, 0.5) is 9.59 Å². The summed E-state index contributed by atoms with van der Waals surface area (Å²) in [4.78, 5) is 31.8. The highest BCUT2D eigenvalue weighted by Crippen LogP contribution is 1.96. The third-order valence-corrected chi connectivity index (χ3v) is 1.59. The van der Waals surface area contributed by atoms with Gasteiger partial charge in [0.2, 0.25) is 0 Å². The van der Waals surface area contributed by atoms with E-state index in [4.69, 9.17) is 5.73 Å². The molecule has 72 valence electrons. The molecule has 0 aromatic carbocycles. The van der Waals surface area contributed by atoms with E-state index in [1.807, 2.05) is 0 Å². The van der Waals surface area contributed by atoms with Gasteiger partial charge < -0.3 is 16.4 Å². The van der Waals surface area contributed by atoms with Crippen molar-refractivity contribution in [2.45, 2.75) is 12.5 Å². The summed E-state index contributed by atoms with van der Waals surface area (Å²) >= 11 is 0. The van der Waals surface area contributed by atoms with Crippen LogP contribution in [0.15, 0.2) is 0 Å². The van der Waals surface area contributed by atoms with E-state index in [1.165, 1.54) is 0 Å². The highest BCUT2D eigenvalue weighted by atomic mass is 16.2. The first-order valence-electron chi connectivity index (χ1n) is 3.74. The van der Waals surface area contributed by atoms with Gasteiger partial charge >= 0.3 is 12.1 Å². The molecule has 1 unspecified atom stereocenters. The molecular weight excluding hydrogens is 176 g/mol. The minimum absolute atomic E-state index is 0.258. The third-order valence-electron chi connectivity index (χ3n) is 1.59. The number of nitrogens with two attached hydrogens (primary N) is 1. The van der Waals surface area contributed by atoms with Gasteiger partial charge in [0, 0.05) is 6.54 Å². The fraction of sp³-hybridized carbons (Fsp3) is 0.500. The molecule has 5 N–H and O–H groups in total. The van der Waals surface area contributed by atoms with Crippen LogP contribution in [0.5, 0.6) is 0 Å². The fourth-order valence-corrected chi connectivity index (χ4v) is 1.00. The van der Waals surface area contributed by atoms with Gasteiger partial charge in [-0.1, -0.05) is 0 Å². The first kappa shape index (κ1) is 9.30. The van der Waals surface area contributed by atoms with Crippen LogP contribution in [0.3, 0.4) is 0 Å². The smallest absolute Gasteiger partial charge is 0.322 e. The molecule has 1 heterocycles. The lowest BCUT2D eigenvalue weighted by Gasteiger charge is -2.06. The minimum atomic E-state index is -0.648. The van der Waals surface area contributed by atoms with Crippen molar-refractivity contribution in [2.75, 3.05) is 6.54 Å². The van der Waals surface area contributed by atoms with Crippen LogP contribution in [-0.2, 0) is 4.79 Å². The van der Waals surface area contributed by atoms with E-state index in [-0.39, 0.29) is 12.5 Å². The van der Waals surface area contributed by atoms with Crippen LogP contribution in [0.25, 0.3) is 0 Å². The average molecular weight is 186 g/mol. The summed E-state index contributed by atoms with van der Waals surface area (Å²) in [5.74, 6) is -0.378. The number of nitrogens with one attached hydrogen (secondary N) is 3. The standard InChI is InChI=1S/C6H10N4O3/c7-5(12)8-2-1-3-4(11)10-6(13)9-3/h3H,1-2H2,(H3,7,8,12)(H2,9,10,11,13). The van der Waals surface area contributed by atoms with E-state index >= 15 is 0 Å². The largest absolute Gasteiger partial charge is 0.352 e. The maximum absolute atomic E-state index is 10.9. The van der Waals surface area contributed by atoms with Crippen molar-refractivity contribution in [3.63, 3.8) is 0 Å². The number of hydrogen-bond donors (Lipinski definition) is 4. The molecular formula is C6H10N4O3. The van der Waals surface area contributed by atoms with Crippen molar-refractivity contribution in [3.8, 4) is 0 Å². The third kappa shape index (κ3) is 2.62. The summed E-state index contributed by atoms with van der Waals surface area (Å²) in [6.07, 6.45) is 0.334. The first-order chi connectivity index (χ1) is 6.09. The van der Waals surface area contributed by atoms with Gasteiger partial charge in [-0.05, 0) is 6.42 Å². The number of carbonyl (C=O) groups is 3. The van der Waals surface area contributed by atoms with Crippen LogP contribution in [0.2, 0.25) is 0 Å². The Morgan fingerprint density at radius 3 is 2.69 bits per heavy atom. The maximum atomic E-state index is 10.9. The number of carbonyl (C=O) groups excluding carboxylic acids is 3. The normalized spacial score (nSPS) is 20.8. The van der Waals surface area contributed by atoms with E-state index in [0.717, 1.165) is 0 Å². The molecule has 0 aromatic rings. The second kappa shape index (κ2) is 3.74. The molecule has 7 nitrogen and oxygen atoms in total. The number of imide groups is 1. The predicted molar refractivity (Wildman–Crippen MR) is 42.7 cm³/mol. The van der Waals surface area contributed by atoms with Gasteiger partial charge in [-0.25, -0.2) is 9.59 Å². The lowest BCUT2D eigenvalue weighted by atomic mass is 10.2. The van der Waals surface area contributed by atoms with Crippen molar-refractivity contribution < 1.29 is 14.4 Å². The van der Waals surface area contributed by atoms with Crippen molar-refractivity contribution in [1.82, 2.24) is 16.0 Å². The predicted octanol–water partition coefficient (Wildman–Crippen LogP) is -1.75. The molecule has 1 rings (SSSR count). The van der Waals surface area contributed by atoms with E-state index < -0.39 is 18.1 Å². The zero-order chi connectivity index (χ0) is 9.84. The summed E-state index contributed by atoms with van der Waals surface area (Å²) in [6, 6.07) is -1.72. The van der Waals surface area contributed by atoms with Crippen molar-refractivity contribution in [3.05, 3.63) is 0 Å². The summed E-state index contributed by atoms with van der Waals surface area (Å²) in [7, 11) is 0. The van der Waals surface area contributed by atoms with E-state index in [1.54, 1.807) is 0 Å². The molecule has 7 heteroatoms. The Morgan fingerprint density at radius 2 is 2.23 bits per heavy atom. The SMILES string of the molecule is NC(=O)NCCC1NC(=O)NC1=O. The van der Waals surface area contributed by atoms with Gasteiger partial charge in [0.1, 0.15) is 6.04 Å². The number of hydrogen-bond acceptors (Lipinski definition) is 3. The first-order valence-corrected chi connectivity index (χ1v) is 3.74. The zero-order valence-electron chi connectivity index (χ0n) is 6.79. The van der Waals surface area contributed by atoms with Crippen LogP contribution >= 0.6 is 0 Å². The molecule has 1 aliphatic rings. The molecule has 0 spiro atoms. The fourth-order valence-electron chi connectivity index (χ4n) is 1.00. The Bertz CT molecular complexity index is 252. The number of primary amides is 1. The molecule has 13 heavy (non-hydrogen) atoms. The summed E-state index contributed by atoms with van der Waals surface area (Å²) in [5.41, 5.74) is 4.80. The second-order valence-electron chi connectivity index (χ2n) is 2.60. The highest BCUT2D eigenvalue weighted by molar-refractivity contribution is 6.04. The van der Waals surface area contributed by atoms with Crippen LogP contribution in [-0.4, -0.2) is 30.6 Å². The monoisotopic (exact) mass is 186 g/mol. The van der Waals surface area contributed by atoms with Gasteiger partial charge in [-0.15, -0.1) is 0 Å². The van der Waals surface area contributed by atoms with Gasteiger partial charge in [0.05, 0.1) is 0 Å².